The molecule has 22 heteroatoms. The van der Waals surface area contributed by atoms with E-state index in [1.807, 2.05) is 13.8 Å². The summed E-state index contributed by atoms with van der Waals surface area (Å²) < 4.78 is 48.7. The summed E-state index contributed by atoms with van der Waals surface area (Å²) in [6.45, 7) is 12.5. The number of carbonyl (C=O) groups excluding carboxylic acids is 1. The molecule has 4 saturated heterocycles. The average molecular weight is 1080 g/mol. The highest BCUT2D eigenvalue weighted by atomic mass is 16.8. The number of aliphatic hydroxyl groups is 13. The average Bonchev–Trinajstić information content (AvgIpc) is 3.74. The molecule has 0 radical (unpaired) electrons. The molecular weight excluding hydrogens is 989 g/mol. The number of allylic oxidation sites excluding steroid dienone is 2. The summed E-state index contributed by atoms with van der Waals surface area (Å²) in [4.78, 5) is 14.1. The number of fused-ring (bicyclic) bond motifs is 5. The molecule has 8 fully saturated rings. The Morgan fingerprint density at radius 1 is 0.587 bits per heavy atom. The van der Waals surface area contributed by atoms with Crippen LogP contribution in [0.15, 0.2) is 11.6 Å². The van der Waals surface area contributed by atoms with Crippen LogP contribution in [0.4, 0.5) is 0 Å². The standard InChI is InChI=1S/C53H88O22/c1-23(2)9-8-10-27(70-47-43(66)40(63)37(60)30(73-47)21-68-46-42(65)38(61)34(57)24(3)69-46)25-13-16-51(6)26(25)11-12-32-52(51,7)17-14-31-50(4,5)33(15-18-53(31,32)22-56)74-49-45(41(64)36(59)29(20-55)72-49)75-48-44(67)39(62)35(58)28(19-54)71-48/h9,22,24-49,54-55,57-67H,8,10-21H2,1-7H3/t24-,25?,26?,27?,28-,29-,30-,31?,32?,33?,34+,35-,36-,37-,38-,39+,40+,41+,42-,43-,44-,45-,46-,47-,48+,49+,51?,52?,53?/m1/s1. The number of carbonyl (C=O) groups is 1. The van der Waals surface area contributed by atoms with Crippen molar-refractivity contribution in [2.45, 2.75) is 248 Å². The molecule has 4 saturated carbocycles. The quantitative estimate of drug-likeness (QED) is 0.0482. The minimum absolute atomic E-state index is 0.0104. The number of ether oxygens (including phenoxy) is 8. The molecule has 0 aromatic carbocycles. The first kappa shape index (κ1) is 59.7. The Hall–Kier alpha value is -1.43. The summed E-state index contributed by atoms with van der Waals surface area (Å²) in [5.41, 5.74) is -0.891. The Labute approximate surface area is 438 Å². The van der Waals surface area contributed by atoms with E-state index in [1.165, 1.54) is 13.2 Å². The topological polar surface area (TPSA) is 354 Å². The minimum atomic E-state index is -1.83. The summed E-state index contributed by atoms with van der Waals surface area (Å²) in [7, 11) is 0. The van der Waals surface area contributed by atoms with Gasteiger partial charge in [0, 0.05) is 5.41 Å². The molecule has 0 amide bonds. The van der Waals surface area contributed by atoms with Gasteiger partial charge in [-0.15, -0.1) is 0 Å². The first-order chi connectivity index (χ1) is 35.3. The van der Waals surface area contributed by atoms with Gasteiger partial charge in [0.1, 0.15) is 97.8 Å². The number of aldehydes is 1. The molecule has 29 atom stereocenters. The van der Waals surface area contributed by atoms with Gasteiger partial charge in [-0.3, -0.25) is 0 Å². The summed E-state index contributed by atoms with van der Waals surface area (Å²) >= 11 is 0. The highest BCUT2D eigenvalue weighted by Crippen LogP contribution is 2.75. The molecule has 8 aliphatic rings. The van der Waals surface area contributed by atoms with Crippen LogP contribution in [-0.2, 0) is 42.7 Å². The maximum atomic E-state index is 14.1. The fourth-order valence-electron chi connectivity index (χ4n) is 15.6. The Morgan fingerprint density at radius 2 is 1.16 bits per heavy atom. The largest absolute Gasteiger partial charge is 0.394 e. The van der Waals surface area contributed by atoms with Crippen LogP contribution in [-0.4, -0.2) is 228 Å². The second-order valence-corrected chi connectivity index (χ2v) is 24.6. The zero-order chi connectivity index (χ0) is 54.9. The minimum Gasteiger partial charge on any atom is -0.394 e. The van der Waals surface area contributed by atoms with E-state index in [9.17, 15) is 71.2 Å². The molecular formula is C53H88O22. The summed E-state index contributed by atoms with van der Waals surface area (Å²) in [6, 6.07) is 0. The molecule has 0 spiro atoms. The van der Waals surface area contributed by atoms with Gasteiger partial charge in [-0.1, -0.05) is 39.3 Å². The van der Waals surface area contributed by atoms with Gasteiger partial charge in [0.2, 0.25) is 0 Å². The van der Waals surface area contributed by atoms with Crippen molar-refractivity contribution in [1.29, 1.82) is 0 Å². The highest BCUT2D eigenvalue weighted by Gasteiger charge is 2.71. The number of aliphatic hydroxyl groups excluding tert-OH is 13. The number of rotatable bonds is 16. The van der Waals surface area contributed by atoms with Crippen molar-refractivity contribution in [3.8, 4) is 0 Å². The zero-order valence-electron chi connectivity index (χ0n) is 44.3. The van der Waals surface area contributed by atoms with Crippen molar-refractivity contribution in [1.82, 2.24) is 0 Å². The molecule has 13 N–H and O–H groups in total. The van der Waals surface area contributed by atoms with E-state index in [-0.39, 0.29) is 34.5 Å². The Morgan fingerprint density at radius 3 is 1.80 bits per heavy atom. The van der Waals surface area contributed by atoms with Crippen LogP contribution in [0.2, 0.25) is 0 Å². The van der Waals surface area contributed by atoms with Crippen LogP contribution < -0.4 is 0 Å². The van der Waals surface area contributed by atoms with E-state index in [4.69, 9.17) is 37.9 Å². The molecule has 4 aliphatic carbocycles. The van der Waals surface area contributed by atoms with Crippen molar-refractivity contribution in [3.05, 3.63) is 11.6 Å². The fraction of sp³-hybridized carbons (Fsp3) is 0.943. The summed E-state index contributed by atoms with van der Waals surface area (Å²) in [6.07, 6.45) is -21.3. The lowest BCUT2D eigenvalue weighted by molar-refractivity contribution is -0.378. The third-order valence-electron chi connectivity index (χ3n) is 20.2. The van der Waals surface area contributed by atoms with E-state index in [2.05, 4.69) is 33.8 Å². The molecule has 0 bridgehead atoms. The molecule has 75 heavy (non-hydrogen) atoms. The highest BCUT2D eigenvalue weighted by molar-refractivity contribution is 5.62. The second kappa shape index (κ2) is 23.2. The van der Waals surface area contributed by atoms with E-state index >= 15 is 0 Å². The van der Waals surface area contributed by atoms with Crippen molar-refractivity contribution >= 4 is 6.29 Å². The Bertz CT molecular complexity index is 1940. The van der Waals surface area contributed by atoms with Gasteiger partial charge in [-0.05, 0) is 125 Å². The molecule has 8 rings (SSSR count). The lowest BCUT2D eigenvalue weighted by atomic mass is 9.35. The zero-order valence-corrected chi connectivity index (χ0v) is 44.3. The van der Waals surface area contributed by atoms with Gasteiger partial charge >= 0.3 is 0 Å². The fourth-order valence-corrected chi connectivity index (χ4v) is 15.6. The van der Waals surface area contributed by atoms with Gasteiger partial charge in [-0.2, -0.15) is 0 Å². The predicted molar refractivity (Wildman–Crippen MR) is 259 cm³/mol. The molecule has 432 valence electrons. The maximum absolute atomic E-state index is 14.1. The number of hydrogen-bond acceptors (Lipinski definition) is 22. The lowest BCUT2D eigenvalue weighted by Crippen LogP contribution is -2.67. The van der Waals surface area contributed by atoms with Gasteiger partial charge in [0.15, 0.2) is 25.2 Å². The molecule has 22 nitrogen and oxygen atoms in total. The predicted octanol–water partition coefficient (Wildman–Crippen LogP) is -1.36. The van der Waals surface area contributed by atoms with Gasteiger partial charge in [-0.25, -0.2) is 0 Å². The van der Waals surface area contributed by atoms with Crippen molar-refractivity contribution in [2.75, 3.05) is 19.8 Å². The molecule has 9 unspecified atom stereocenters. The third kappa shape index (κ3) is 10.6. The van der Waals surface area contributed by atoms with Crippen LogP contribution in [0.5, 0.6) is 0 Å². The second-order valence-electron chi connectivity index (χ2n) is 24.6. The van der Waals surface area contributed by atoms with E-state index in [0.29, 0.717) is 32.1 Å². The smallest absolute Gasteiger partial charge is 0.187 e. The summed E-state index contributed by atoms with van der Waals surface area (Å²) in [5, 5.41) is 139. The van der Waals surface area contributed by atoms with E-state index in [0.717, 1.165) is 37.7 Å². The number of hydrogen-bond donors (Lipinski definition) is 13. The van der Waals surface area contributed by atoms with Crippen molar-refractivity contribution < 1.29 is 109 Å². The Balaban J connectivity index is 0.993. The van der Waals surface area contributed by atoms with Crippen LogP contribution in [0.1, 0.15) is 113 Å². The molecule has 0 aromatic rings. The molecule has 0 aromatic heterocycles. The van der Waals surface area contributed by atoms with Crippen molar-refractivity contribution in [2.24, 2.45) is 45.3 Å². The third-order valence-corrected chi connectivity index (χ3v) is 20.2. The monoisotopic (exact) mass is 1080 g/mol. The van der Waals surface area contributed by atoms with E-state index < -0.39 is 166 Å². The first-order valence-electron chi connectivity index (χ1n) is 27.3. The van der Waals surface area contributed by atoms with Crippen molar-refractivity contribution in [3.63, 3.8) is 0 Å². The van der Waals surface area contributed by atoms with Crippen LogP contribution in [0, 0.1) is 45.3 Å². The van der Waals surface area contributed by atoms with Crippen LogP contribution in [0.25, 0.3) is 0 Å². The Kier molecular flexibility index (Phi) is 18.5. The normalized spacial score (nSPS) is 52.2. The van der Waals surface area contributed by atoms with Gasteiger partial charge < -0.3 is 109 Å². The molecule has 4 heterocycles. The SMILES string of the molecule is CC(C)=CCCC(O[C@@H]1O[C@H](CO[C@@H]2O[C@H](C)[C@H](O)[C@@H](O)[C@H]2O)[C@@H](O)[C@H](O)[C@H]1O)C1CCC2(C)C1CCC1C3(C=O)CCC(O[C@@H]4O[C@H](CO)[C@@H](O)[C@H](O)[C@H]4O[C@@H]4O[C@H](CO)[C@@H](O)[C@H](O)[C@H]4O)C(C)(C)C3CCC12C. The van der Waals surface area contributed by atoms with Crippen LogP contribution in [0.3, 0.4) is 0 Å². The van der Waals surface area contributed by atoms with Gasteiger partial charge in [0.05, 0.1) is 38.1 Å². The van der Waals surface area contributed by atoms with Gasteiger partial charge in [0.25, 0.3) is 0 Å². The van der Waals surface area contributed by atoms with E-state index in [1.54, 1.807) is 0 Å². The first-order valence-corrected chi connectivity index (χ1v) is 27.3. The maximum Gasteiger partial charge on any atom is 0.187 e. The summed E-state index contributed by atoms with van der Waals surface area (Å²) in [5.74, 6) is -0.0667. The van der Waals surface area contributed by atoms with Crippen LogP contribution >= 0.6 is 0 Å². The lowest BCUT2D eigenvalue weighted by Gasteiger charge is -2.69. The molecule has 4 aliphatic heterocycles.